The Morgan fingerprint density at radius 2 is 1.96 bits per heavy atom. The first-order valence-corrected chi connectivity index (χ1v) is 7.25. The number of halogens is 2. The number of nitro benzene ring substituents is 1. The number of benzene rings is 2. The summed E-state index contributed by atoms with van der Waals surface area (Å²) in [6.07, 6.45) is 0. The fourth-order valence-electron chi connectivity index (χ4n) is 1.77. The fraction of sp³-hybridized carbons (Fsp3) is 0.133. The number of nitrogens with one attached hydrogen (secondary N) is 1. The van der Waals surface area contributed by atoms with Crippen LogP contribution >= 0.6 is 23.2 Å². The monoisotopic (exact) mass is 354 g/mol. The minimum Gasteiger partial charge on any atom is -0.482 e. The predicted octanol–water partition coefficient (Wildman–Crippen LogP) is 4.23. The summed E-state index contributed by atoms with van der Waals surface area (Å²) in [7, 11) is 0. The van der Waals surface area contributed by atoms with E-state index in [1.807, 2.05) is 13.0 Å². The second kappa shape index (κ2) is 7.30. The minimum absolute atomic E-state index is 0.0559. The lowest BCUT2D eigenvalue weighted by Gasteiger charge is -2.10. The minimum atomic E-state index is -0.568. The van der Waals surface area contributed by atoms with E-state index in [-0.39, 0.29) is 23.1 Å². The van der Waals surface area contributed by atoms with Crippen LogP contribution in [0.3, 0.4) is 0 Å². The summed E-state index contributed by atoms with van der Waals surface area (Å²) in [6, 6.07) is 8.98. The SMILES string of the molecule is Cc1ccc(NC(=O)COc2ccc([N+](=O)[O-])cc2Cl)c(Cl)c1. The zero-order valence-electron chi connectivity index (χ0n) is 12.0. The van der Waals surface area contributed by atoms with Crippen molar-refractivity contribution in [2.75, 3.05) is 11.9 Å². The normalized spacial score (nSPS) is 10.2. The van der Waals surface area contributed by atoms with Crippen LogP contribution in [0.5, 0.6) is 5.75 Å². The van der Waals surface area contributed by atoms with Gasteiger partial charge >= 0.3 is 0 Å². The van der Waals surface area contributed by atoms with Gasteiger partial charge in [0.05, 0.1) is 20.7 Å². The summed E-state index contributed by atoms with van der Waals surface area (Å²) >= 11 is 11.9. The standard InChI is InChI=1S/C15H12Cl2N2O4/c1-9-2-4-13(11(16)6-9)18-15(20)8-23-14-5-3-10(19(21)22)7-12(14)17/h2-7H,8H2,1H3,(H,18,20). The molecule has 1 N–H and O–H groups in total. The first-order valence-electron chi connectivity index (χ1n) is 6.49. The highest BCUT2D eigenvalue weighted by Crippen LogP contribution is 2.28. The van der Waals surface area contributed by atoms with Crippen LogP contribution in [-0.4, -0.2) is 17.4 Å². The molecule has 0 heterocycles. The van der Waals surface area contributed by atoms with Crippen LogP contribution in [0.2, 0.25) is 10.0 Å². The summed E-state index contributed by atoms with van der Waals surface area (Å²) in [5.74, 6) is -0.243. The first kappa shape index (κ1) is 17.1. The van der Waals surface area contributed by atoms with Gasteiger partial charge in [-0.25, -0.2) is 0 Å². The number of ether oxygens (including phenoxy) is 1. The van der Waals surface area contributed by atoms with Crippen LogP contribution in [0, 0.1) is 17.0 Å². The highest BCUT2D eigenvalue weighted by molar-refractivity contribution is 6.33. The third-order valence-corrected chi connectivity index (χ3v) is 3.49. The molecule has 8 heteroatoms. The average Bonchev–Trinajstić information content (AvgIpc) is 2.48. The number of anilines is 1. The molecule has 6 nitrogen and oxygen atoms in total. The van der Waals surface area contributed by atoms with E-state index in [0.29, 0.717) is 10.7 Å². The maximum absolute atomic E-state index is 11.9. The Morgan fingerprint density at radius 1 is 1.22 bits per heavy atom. The molecule has 0 radical (unpaired) electrons. The summed E-state index contributed by atoms with van der Waals surface area (Å²) in [5, 5.41) is 13.7. The van der Waals surface area contributed by atoms with Gasteiger partial charge in [0.25, 0.3) is 11.6 Å². The zero-order chi connectivity index (χ0) is 17.0. The topological polar surface area (TPSA) is 81.5 Å². The van der Waals surface area contributed by atoms with E-state index in [4.69, 9.17) is 27.9 Å². The molecule has 0 aliphatic carbocycles. The van der Waals surface area contributed by atoms with Gasteiger partial charge in [-0.3, -0.25) is 14.9 Å². The Kier molecular flexibility index (Phi) is 5.41. The maximum atomic E-state index is 11.9. The lowest BCUT2D eigenvalue weighted by molar-refractivity contribution is -0.384. The number of non-ortho nitro benzene ring substituents is 1. The van der Waals surface area contributed by atoms with E-state index in [0.717, 1.165) is 11.6 Å². The molecule has 0 bridgehead atoms. The van der Waals surface area contributed by atoms with Crippen molar-refractivity contribution in [2.24, 2.45) is 0 Å². The Morgan fingerprint density at radius 3 is 2.57 bits per heavy atom. The van der Waals surface area contributed by atoms with Crippen molar-refractivity contribution in [3.63, 3.8) is 0 Å². The van der Waals surface area contributed by atoms with Gasteiger partial charge in [-0.2, -0.15) is 0 Å². The van der Waals surface area contributed by atoms with Gasteiger partial charge in [0, 0.05) is 12.1 Å². The predicted molar refractivity (Wildman–Crippen MR) is 88.4 cm³/mol. The second-order valence-corrected chi connectivity index (χ2v) is 5.51. The molecule has 120 valence electrons. The van der Waals surface area contributed by atoms with Gasteiger partial charge in [0.2, 0.25) is 0 Å². The van der Waals surface area contributed by atoms with Crippen molar-refractivity contribution in [3.8, 4) is 5.75 Å². The maximum Gasteiger partial charge on any atom is 0.271 e. The molecule has 0 aromatic heterocycles. The molecule has 0 unspecified atom stereocenters. The molecule has 0 saturated heterocycles. The third kappa shape index (κ3) is 4.58. The molecule has 0 aliphatic heterocycles. The number of carbonyl (C=O) groups is 1. The number of nitro groups is 1. The van der Waals surface area contributed by atoms with E-state index in [1.165, 1.54) is 12.1 Å². The van der Waals surface area contributed by atoms with Crippen LogP contribution in [0.15, 0.2) is 36.4 Å². The van der Waals surface area contributed by atoms with Crippen LogP contribution in [0.4, 0.5) is 11.4 Å². The molecule has 0 atom stereocenters. The lowest BCUT2D eigenvalue weighted by atomic mass is 10.2. The second-order valence-electron chi connectivity index (χ2n) is 4.69. The van der Waals surface area contributed by atoms with E-state index in [2.05, 4.69) is 5.32 Å². The molecular weight excluding hydrogens is 343 g/mol. The van der Waals surface area contributed by atoms with Crippen LogP contribution in [0.1, 0.15) is 5.56 Å². The summed E-state index contributed by atoms with van der Waals surface area (Å²) < 4.78 is 5.26. The Labute approximate surface area is 142 Å². The van der Waals surface area contributed by atoms with Gasteiger partial charge in [-0.05, 0) is 30.7 Å². The lowest BCUT2D eigenvalue weighted by Crippen LogP contribution is -2.20. The van der Waals surface area contributed by atoms with Crippen molar-refractivity contribution in [3.05, 3.63) is 62.1 Å². The van der Waals surface area contributed by atoms with Crippen molar-refractivity contribution < 1.29 is 14.5 Å². The fourth-order valence-corrected chi connectivity index (χ4v) is 2.28. The van der Waals surface area contributed by atoms with E-state index in [1.54, 1.807) is 12.1 Å². The van der Waals surface area contributed by atoms with Gasteiger partial charge in [0.15, 0.2) is 6.61 Å². The molecule has 0 saturated carbocycles. The number of aryl methyl sites for hydroxylation is 1. The van der Waals surface area contributed by atoms with Gasteiger partial charge < -0.3 is 10.1 Å². The number of carbonyl (C=O) groups excluding carboxylic acids is 1. The van der Waals surface area contributed by atoms with Crippen LogP contribution < -0.4 is 10.1 Å². The smallest absolute Gasteiger partial charge is 0.271 e. The number of amides is 1. The zero-order valence-corrected chi connectivity index (χ0v) is 13.5. The number of nitrogens with zero attached hydrogens (tertiary/aromatic N) is 1. The highest BCUT2D eigenvalue weighted by atomic mass is 35.5. The molecule has 0 aliphatic rings. The molecule has 0 spiro atoms. The highest BCUT2D eigenvalue weighted by Gasteiger charge is 2.12. The van der Waals surface area contributed by atoms with Crippen molar-refractivity contribution in [1.29, 1.82) is 0 Å². The van der Waals surface area contributed by atoms with E-state index in [9.17, 15) is 14.9 Å². The number of rotatable bonds is 5. The quantitative estimate of drug-likeness (QED) is 0.643. The molecule has 0 fully saturated rings. The van der Waals surface area contributed by atoms with E-state index < -0.39 is 10.8 Å². The summed E-state index contributed by atoms with van der Waals surface area (Å²) in [6.45, 7) is 1.58. The molecule has 2 aromatic carbocycles. The third-order valence-electron chi connectivity index (χ3n) is 2.88. The average molecular weight is 355 g/mol. The van der Waals surface area contributed by atoms with Crippen molar-refractivity contribution in [1.82, 2.24) is 0 Å². The Bertz CT molecular complexity index is 765. The summed E-state index contributed by atoms with van der Waals surface area (Å²) in [5.41, 5.74) is 1.29. The van der Waals surface area contributed by atoms with Gasteiger partial charge in [0.1, 0.15) is 5.75 Å². The molecule has 1 amide bonds. The molecule has 2 rings (SSSR count). The van der Waals surface area contributed by atoms with Crippen LogP contribution in [-0.2, 0) is 4.79 Å². The molecular formula is C15H12Cl2N2O4. The summed E-state index contributed by atoms with van der Waals surface area (Å²) in [4.78, 5) is 21.9. The van der Waals surface area contributed by atoms with Crippen molar-refractivity contribution >= 4 is 40.5 Å². The van der Waals surface area contributed by atoms with Crippen LogP contribution in [0.25, 0.3) is 0 Å². The van der Waals surface area contributed by atoms with Gasteiger partial charge in [-0.15, -0.1) is 0 Å². The Hall–Kier alpha value is -2.31. The number of hydrogen-bond donors (Lipinski definition) is 1. The van der Waals surface area contributed by atoms with Crippen molar-refractivity contribution in [2.45, 2.75) is 6.92 Å². The number of hydrogen-bond acceptors (Lipinski definition) is 4. The Balaban J connectivity index is 1.98. The van der Waals surface area contributed by atoms with Gasteiger partial charge in [-0.1, -0.05) is 29.3 Å². The van der Waals surface area contributed by atoms with E-state index >= 15 is 0 Å². The molecule has 2 aromatic rings. The molecule has 23 heavy (non-hydrogen) atoms. The first-order chi connectivity index (χ1) is 10.9. The largest absolute Gasteiger partial charge is 0.482 e.